The van der Waals surface area contributed by atoms with E-state index in [1.165, 1.54) is 0 Å². The smallest absolute Gasteiger partial charge is 0.337 e. The van der Waals surface area contributed by atoms with Crippen LogP contribution in [0.3, 0.4) is 0 Å². The Hall–Kier alpha value is -0.490. The van der Waals surface area contributed by atoms with Gasteiger partial charge in [-0.3, -0.25) is 8.74 Å². The van der Waals surface area contributed by atoms with Gasteiger partial charge in [0.1, 0.15) is 4.90 Å². The number of carbonyl (C=O) groups is 1. The minimum atomic E-state index is -4.89. The summed E-state index contributed by atoms with van der Waals surface area (Å²) in [4.78, 5) is 9.33. The first kappa shape index (κ1) is 21.5. The molecule has 11 heteroatoms. The van der Waals surface area contributed by atoms with E-state index < -0.39 is 41.6 Å². The zero-order valence-corrected chi connectivity index (χ0v) is 15.6. The van der Waals surface area contributed by atoms with Gasteiger partial charge in [-0.05, 0) is 24.6 Å². The van der Waals surface area contributed by atoms with Crippen LogP contribution in [-0.4, -0.2) is 68.6 Å². The van der Waals surface area contributed by atoms with Crippen molar-refractivity contribution in [3.63, 3.8) is 0 Å². The summed E-state index contributed by atoms with van der Waals surface area (Å²) in [6.45, 7) is 1.74. The Morgan fingerprint density at radius 3 is 2.27 bits per heavy atom. The molecule has 0 bridgehead atoms. The molecule has 0 aliphatic rings. The minimum absolute atomic E-state index is 0. The van der Waals surface area contributed by atoms with E-state index in [4.69, 9.17) is 9.66 Å². The summed E-state index contributed by atoms with van der Waals surface area (Å²) in [5, 5.41) is 8.84. The Kier molecular flexibility index (Phi) is 8.20. The molecular weight excluding hydrogens is 347 g/mol. The number of unbranched alkanes of at least 4 members (excludes halogenated alkanes) is 1. The van der Waals surface area contributed by atoms with Crippen LogP contribution in [0.15, 0.2) is 28.0 Å². The zero-order chi connectivity index (χ0) is 16.3. The molecule has 1 aromatic rings. The fourth-order valence-corrected chi connectivity index (χ4v) is 3.18. The number of rotatable bonds is 7. The Labute approximate surface area is 150 Å². The van der Waals surface area contributed by atoms with Crippen LogP contribution < -0.4 is 0 Å². The van der Waals surface area contributed by atoms with E-state index in [9.17, 15) is 21.6 Å². The van der Waals surface area contributed by atoms with E-state index >= 15 is 0 Å². The summed E-state index contributed by atoms with van der Waals surface area (Å²) >= 11 is 0. The van der Waals surface area contributed by atoms with Gasteiger partial charge in [-0.1, -0.05) is 13.3 Å². The van der Waals surface area contributed by atoms with Gasteiger partial charge in [-0.15, -0.1) is 0 Å². The summed E-state index contributed by atoms with van der Waals surface area (Å²) in [6, 6.07) is 2.24. The molecule has 0 saturated carbocycles. The molecule has 0 unspecified atom stereocenters. The standard InChI is InChI=1S/C11H14O8S2.Na/c1-2-3-6-19-21(17,18)8-4-5-9(11(12)13)10(7-8)20(14,15)16;/h4-5,7H,2-3,6H2,1H3,(H,12,13)(H,14,15,16);. The molecule has 0 saturated heterocycles. The second-order valence-electron chi connectivity index (χ2n) is 4.07. The quantitative estimate of drug-likeness (QED) is 0.314. The van der Waals surface area contributed by atoms with Crippen molar-refractivity contribution in [2.45, 2.75) is 29.6 Å². The van der Waals surface area contributed by atoms with Crippen molar-refractivity contribution in [2.24, 2.45) is 0 Å². The maximum atomic E-state index is 11.8. The third kappa shape index (κ3) is 5.61. The SMILES string of the molecule is CCCCOS(=O)(=O)c1ccc(C(=O)O)c(S(=O)(=O)O)c1.[Na]. The van der Waals surface area contributed by atoms with Crippen LogP contribution in [0.5, 0.6) is 0 Å². The predicted molar refractivity (Wildman–Crippen MR) is 77.0 cm³/mol. The second-order valence-corrected chi connectivity index (χ2v) is 7.07. The molecule has 0 atom stereocenters. The van der Waals surface area contributed by atoms with Gasteiger partial charge in [0.05, 0.1) is 17.1 Å². The third-order valence-electron chi connectivity index (χ3n) is 2.49. The normalized spacial score (nSPS) is 11.7. The monoisotopic (exact) mass is 361 g/mol. The van der Waals surface area contributed by atoms with Crippen molar-refractivity contribution in [1.29, 1.82) is 0 Å². The topological polar surface area (TPSA) is 135 Å². The summed E-state index contributed by atoms with van der Waals surface area (Å²) in [6.07, 6.45) is 1.18. The van der Waals surface area contributed by atoms with Crippen LogP contribution in [-0.2, 0) is 24.4 Å². The summed E-state index contributed by atoms with van der Waals surface area (Å²) in [7, 11) is -9.11. The fourth-order valence-electron chi connectivity index (χ4n) is 1.43. The molecule has 1 radical (unpaired) electrons. The molecule has 1 aromatic carbocycles. The average molecular weight is 361 g/mol. The van der Waals surface area contributed by atoms with E-state index in [1.807, 2.05) is 6.92 Å². The zero-order valence-electron chi connectivity index (χ0n) is 12.0. The van der Waals surface area contributed by atoms with Gasteiger partial charge in [0, 0.05) is 29.6 Å². The predicted octanol–water partition coefficient (Wildman–Crippen LogP) is 0.756. The maximum Gasteiger partial charge on any atom is 0.337 e. The van der Waals surface area contributed by atoms with Crippen LogP contribution in [0.1, 0.15) is 30.1 Å². The molecule has 0 fully saturated rings. The Morgan fingerprint density at radius 1 is 1.23 bits per heavy atom. The van der Waals surface area contributed by atoms with Crippen molar-refractivity contribution in [1.82, 2.24) is 0 Å². The van der Waals surface area contributed by atoms with E-state index in [-0.39, 0.29) is 36.2 Å². The molecule has 119 valence electrons. The van der Waals surface area contributed by atoms with Gasteiger partial charge < -0.3 is 5.11 Å². The molecular formula is C11H14NaO8S2. The number of carboxylic acids is 1. The molecule has 0 spiro atoms. The van der Waals surface area contributed by atoms with E-state index in [0.717, 1.165) is 12.1 Å². The first-order valence-electron chi connectivity index (χ1n) is 5.84. The minimum Gasteiger partial charge on any atom is -0.478 e. The number of hydrogen-bond acceptors (Lipinski definition) is 6. The molecule has 2 N–H and O–H groups in total. The molecule has 0 amide bonds. The van der Waals surface area contributed by atoms with Gasteiger partial charge in [0.15, 0.2) is 0 Å². The Morgan fingerprint density at radius 2 is 1.82 bits per heavy atom. The van der Waals surface area contributed by atoms with Crippen LogP contribution in [0.25, 0.3) is 0 Å². The van der Waals surface area contributed by atoms with E-state index in [1.54, 1.807) is 0 Å². The van der Waals surface area contributed by atoms with E-state index in [0.29, 0.717) is 18.9 Å². The van der Waals surface area contributed by atoms with Crippen molar-refractivity contribution in [3.05, 3.63) is 23.8 Å². The van der Waals surface area contributed by atoms with Crippen molar-refractivity contribution >= 4 is 55.8 Å². The molecule has 0 aromatic heterocycles. The van der Waals surface area contributed by atoms with Gasteiger partial charge in [-0.25, -0.2) is 4.79 Å². The van der Waals surface area contributed by atoms with Crippen LogP contribution in [0.2, 0.25) is 0 Å². The largest absolute Gasteiger partial charge is 0.478 e. The molecule has 0 aliphatic heterocycles. The van der Waals surface area contributed by atoms with Crippen LogP contribution >= 0.6 is 0 Å². The van der Waals surface area contributed by atoms with Gasteiger partial charge in [0.2, 0.25) is 0 Å². The fraction of sp³-hybridized carbons (Fsp3) is 0.364. The molecule has 1 rings (SSSR count). The second kappa shape index (κ2) is 8.39. The molecule has 22 heavy (non-hydrogen) atoms. The Bertz CT molecular complexity index is 739. The number of aromatic carboxylic acids is 1. The van der Waals surface area contributed by atoms with Gasteiger partial charge in [0.25, 0.3) is 20.2 Å². The Balaban J connectivity index is 0.00000441. The number of carboxylic acid groups (broad SMARTS) is 1. The summed E-state index contributed by atoms with van der Waals surface area (Å²) < 4.78 is 59.6. The molecule has 0 aliphatic carbocycles. The van der Waals surface area contributed by atoms with Crippen molar-refractivity contribution in [2.75, 3.05) is 6.61 Å². The number of benzene rings is 1. The van der Waals surface area contributed by atoms with Crippen LogP contribution in [0, 0.1) is 0 Å². The van der Waals surface area contributed by atoms with Crippen molar-refractivity contribution in [3.8, 4) is 0 Å². The summed E-state index contributed by atoms with van der Waals surface area (Å²) in [5.41, 5.74) is -0.731. The molecule has 8 nitrogen and oxygen atoms in total. The first-order valence-corrected chi connectivity index (χ1v) is 8.68. The van der Waals surface area contributed by atoms with E-state index in [2.05, 4.69) is 4.18 Å². The third-order valence-corrected chi connectivity index (χ3v) is 4.69. The maximum absolute atomic E-state index is 11.8. The molecule has 0 heterocycles. The van der Waals surface area contributed by atoms with Gasteiger partial charge >= 0.3 is 5.97 Å². The van der Waals surface area contributed by atoms with Crippen LogP contribution in [0.4, 0.5) is 0 Å². The number of hydrogen-bond donors (Lipinski definition) is 2. The van der Waals surface area contributed by atoms with Crippen molar-refractivity contribution < 1.29 is 35.5 Å². The first-order chi connectivity index (χ1) is 9.59. The summed E-state index contributed by atoms with van der Waals surface area (Å²) in [5.74, 6) is -1.61. The average Bonchev–Trinajstić information content (AvgIpc) is 2.37. The van der Waals surface area contributed by atoms with Gasteiger partial charge in [-0.2, -0.15) is 16.8 Å².